The van der Waals surface area contributed by atoms with E-state index in [0.717, 1.165) is 18.7 Å². The van der Waals surface area contributed by atoms with E-state index in [-0.39, 0.29) is 23.6 Å². The van der Waals surface area contributed by atoms with Crippen LogP contribution in [-0.4, -0.2) is 52.3 Å². The van der Waals surface area contributed by atoms with Gasteiger partial charge in [0.25, 0.3) is 0 Å². The molecule has 6 rings (SSSR count). The number of hydrogen-bond donors (Lipinski definition) is 1. The summed E-state index contributed by atoms with van der Waals surface area (Å²) in [6.07, 6.45) is 3.07. The minimum absolute atomic E-state index is 0.178. The van der Waals surface area contributed by atoms with E-state index in [1.807, 2.05) is 13.8 Å². The third-order valence-corrected chi connectivity index (χ3v) is 7.20. The number of nitrogens with one attached hydrogen (secondary N) is 1. The second-order valence-electron chi connectivity index (χ2n) is 10.0. The topological polar surface area (TPSA) is 100 Å². The van der Waals surface area contributed by atoms with Crippen molar-refractivity contribution in [3.8, 4) is 11.1 Å². The zero-order chi connectivity index (χ0) is 26.4. The second-order valence-corrected chi connectivity index (χ2v) is 10.0. The third-order valence-electron chi connectivity index (χ3n) is 7.20. The number of anilines is 2. The molecule has 0 unspecified atom stereocenters. The van der Waals surface area contributed by atoms with Gasteiger partial charge in [-0.25, -0.2) is 23.5 Å². The lowest BCUT2D eigenvalue weighted by Crippen LogP contribution is -2.34. The molecule has 2 saturated heterocycles. The number of aromatic nitrogens is 4. The summed E-state index contributed by atoms with van der Waals surface area (Å²) in [5.74, 6) is 1.34. The first-order chi connectivity index (χ1) is 18.4. The van der Waals surface area contributed by atoms with Crippen LogP contribution in [0.3, 0.4) is 0 Å². The monoisotopic (exact) mass is 519 g/mol. The van der Waals surface area contributed by atoms with Gasteiger partial charge in [-0.2, -0.15) is 4.98 Å². The van der Waals surface area contributed by atoms with Crippen molar-refractivity contribution < 1.29 is 18.1 Å². The van der Waals surface area contributed by atoms with Crippen molar-refractivity contribution in [3.63, 3.8) is 0 Å². The molecule has 2 fully saturated rings. The molecule has 2 aromatic carbocycles. The number of amides is 2. The standard InChI is InChI=1S/C27H27F2N7O2/c1-15(2)26-33-24(34-38-26)16-5-8-35(9-6-16)25-20-13-18(28)12-19(23(20)31-14-32-25)17-3-4-22(21(29)11-17)36-10-7-30-27(36)37/h3-4,11-16H,5-10H2,1-2H3,(H,30,37). The van der Waals surface area contributed by atoms with Crippen LogP contribution in [-0.2, 0) is 0 Å². The predicted molar refractivity (Wildman–Crippen MR) is 138 cm³/mol. The van der Waals surface area contributed by atoms with Gasteiger partial charge in [0.2, 0.25) is 5.89 Å². The summed E-state index contributed by atoms with van der Waals surface area (Å²) in [6, 6.07) is 6.98. The average Bonchev–Trinajstić information content (AvgIpc) is 3.58. The Bertz CT molecular complexity index is 1510. The SMILES string of the molecule is CC(C)c1nc(C2CCN(c3ncnc4c(-c5ccc(N6CCNC6=O)c(F)c5)cc(F)cc34)CC2)no1. The number of hydrogen-bond acceptors (Lipinski definition) is 7. The van der Waals surface area contributed by atoms with Crippen LogP contribution in [0.5, 0.6) is 0 Å². The van der Waals surface area contributed by atoms with E-state index in [1.54, 1.807) is 12.1 Å². The van der Waals surface area contributed by atoms with Crippen LogP contribution in [0.2, 0.25) is 0 Å². The number of fused-ring (bicyclic) bond motifs is 1. The Morgan fingerprint density at radius 1 is 1.08 bits per heavy atom. The lowest BCUT2D eigenvalue weighted by molar-refractivity contribution is 0.252. The fourth-order valence-corrected chi connectivity index (χ4v) is 5.18. The van der Waals surface area contributed by atoms with Gasteiger partial charge in [-0.05, 0) is 42.7 Å². The first-order valence-corrected chi connectivity index (χ1v) is 12.8. The van der Waals surface area contributed by atoms with Crippen LogP contribution in [0.15, 0.2) is 41.2 Å². The van der Waals surface area contributed by atoms with Crippen LogP contribution < -0.4 is 15.1 Å². The van der Waals surface area contributed by atoms with Crippen molar-refractivity contribution in [1.29, 1.82) is 0 Å². The van der Waals surface area contributed by atoms with Gasteiger partial charge in [0.15, 0.2) is 5.82 Å². The van der Waals surface area contributed by atoms with Crippen LogP contribution in [0, 0.1) is 11.6 Å². The summed E-state index contributed by atoms with van der Waals surface area (Å²) in [6.45, 7) is 6.26. The molecule has 0 bridgehead atoms. The molecule has 2 aromatic heterocycles. The summed E-state index contributed by atoms with van der Waals surface area (Å²) >= 11 is 0. The fourth-order valence-electron chi connectivity index (χ4n) is 5.18. The fraction of sp³-hybridized carbons (Fsp3) is 0.370. The van der Waals surface area contributed by atoms with Gasteiger partial charge in [0, 0.05) is 49.0 Å². The van der Waals surface area contributed by atoms with Gasteiger partial charge in [-0.15, -0.1) is 0 Å². The molecule has 196 valence electrons. The number of carbonyl (C=O) groups is 1. The maximum Gasteiger partial charge on any atom is 0.322 e. The highest BCUT2D eigenvalue weighted by Gasteiger charge is 2.28. The molecule has 0 aliphatic carbocycles. The molecular formula is C27H27F2N7O2. The van der Waals surface area contributed by atoms with Gasteiger partial charge in [-0.3, -0.25) is 4.90 Å². The molecule has 38 heavy (non-hydrogen) atoms. The molecular weight excluding hydrogens is 492 g/mol. The maximum atomic E-state index is 15.1. The molecule has 0 radical (unpaired) electrons. The highest BCUT2D eigenvalue weighted by Crippen LogP contribution is 2.36. The number of benzene rings is 2. The summed E-state index contributed by atoms with van der Waals surface area (Å²) in [5.41, 5.74) is 1.65. The highest BCUT2D eigenvalue weighted by atomic mass is 19.1. The Balaban J connectivity index is 1.29. The van der Waals surface area contributed by atoms with Crippen molar-refractivity contribution in [2.45, 2.75) is 38.5 Å². The largest absolute Gasteiger partial charge is 0.356 e. The van der Waals surface area contributed by atoms with E-state index in [4.69, 9.17) is 4.52 Å². The Hall–Kier alpha value is -4.15. The van der Waals surface area contributed by atoms with Gasteiger partial charge in [-0.1, -0.05) is 25.1 Å². The minimum Gasteiger partial charge on any atom is -0.356 e. The Morgan fingerprint density at radius 2 is 1.89 bits per heavy atom. The molecule has 9 nitrogen and oxygen atoms in total. The molecule has 1 N–H and O–H groups in total. The number of rotatable bonds is 5. The molecule has 11 heteroatoms. The minimum atomic E-state index is -0.560. The molecule has 0 atom stereocenters. The van der Waals surface area contributed by atoms with E-state index >= 15 is 4.39 Å². The lowest BCUT2D eigenvalue weighted by atomic mass is 9.95. The molecule has 4 heterocycles. The first kappa shape index (κ1) is 24.2. The van der Waals surface area contributed by atoms with Crippen molar-refractivity contribution in [2.24, 2.45) is 0 Å². The molecule has 2 aliphatic rings. The van der Waals surface area contributed by atoms with Crippen molar-refractivity contribution >= 4 is 28.4 Å². The number of urea groups is 1. The molecule has 2 amide bonds. The van der Waals surface area contributed by atoms with Gasteiger partial charge < -0.3 is 14.7 Å². The van der Waals surface area contributed by atoms with Crippen LogP contribution in [0.1, 0.15) is 50.2 Å². The average molecular weight is 520 g/mol. The van der Waals surface area contributed by atoms with E-state index in [9.17, 15) is 9.18 Å². The third kappa shape index (κ3) is 4.31. The Morgan fingerprint density at radius 3 is 2.58 bits per heavy atom. The smallest absolute Gasteiger partial charge is 0.322 e. The maximum absolute atomic E-state index is 15.1. The summed E-state index contributed by atoms with van der Waals surface area (Å²) in [7, 11) is 0. The number of halogens is 2. The zero-order valence-corrected chi connectivity index (χ0v) is 21.1. The Labute approximate surface area is 217 Å². The van der Waals surface area contributed by atoms with E-state index in [0.29, 0.717) is 59.9 Å². The normalized spacial score (nSPS) is 16.6. The van der Waals surface area contributed by atoms with Gasteiger partial charge >= 0.3 is 6.03 Å². The summed E-state index contributed by atoms with van der Waals surface area (Å²) < 4.78 is 35.4. The second kappa shape index (κ2) is 9.62. The highest BCUT2D eigenvalue weighted by molar-refractivity contribution is 6.00. The van der Waals surface area contributed by atoms with E-state index in [1.165, 1.54) is 29.4 Å². The molecule has 0 saturated carbocycles. The van der Waals surface area contributed by atoms with Crippen molar-refractivity contribution in [1.82, 2.24) is 25.4 Å². The zero-order valence-electron chi connectivity index (χ0n) is 21.1. The van der Waals surface area contributed by atoms with E-state index < -0.39 is 11.6 Å². The quantitative estimate of drug-likeness (QED) is 0.396. The Kier molecular flexibility index (Phi) is 6.13. The predicted octanol–water partition coefficient (Wildman–Crippen LogP) is 5.00. The number of nitrogens with zero attached hydrogens (tertiary/aromatic N) is 6. The van der Waals surface area contributed by atoms with Crippen molar-refractivity contribution in [2.75, 3.05) is 36.0 Å². The first-order valence-electron chi connectivity index (χ1n) is 12.8. The number of carbonyl (C=O) groups excluding carboxylic acids is 1. The van der Waals surface area contributed by atoms with E-state index in [2.05, 4.69) is 30.3 Å². The van der Waals surface area contributed by atoms with Crippen LogP contribution in [0.25, 0.3) is 22.0 Å². The van der Waals surface area contributed by atoms with Gasteiger partial charge in [0.1, 0.15) is 23.8 Å². The molecule has 0 spiro atoms. The lowest BCUT2D eigenvalue weighted by Gasteiger charge is -2.32. The van der Waals surface area contributed by atoms with Gasteiger partial charge in [0.05, 0.1) is 11.2 Å². The van der Waals surface area contributed by atoms with Crippen LogP contribution >= 0.6 is 0 Å². The summed E-state index contributed by atoms with van der Waals surface area (Å²) in [4.78, 5) is 28.9. The molecule has 2 aliphatic heterocycles. The van der Waals surface area contributed by atoms with Crippen LogP contribution in [0.4, 0.5) is 25.1 Å². The summed E-state index contributed by atoms with van der Waals surface area (Å²) in [5, 5.41) is 7.40. The van der Waals surface area contributed by atoms with Crippen molar-refractivity contribution in [3.05, 3.63) is 60.0 Å². The molecule has 4 aromatic rings. The number of piperidine rings is 1.